The highest BCUT2D eigenvalue weighted by Crippen LogP contribution is 2.51. The minimum absolute atomic E-state index is 0.0490. The lowest BCUT2D eigenvalue weighted by Gasteiger charge is -2.43. The van der Waals surface area contributed by atoms with Crippen molar-refractivity contribution < 1.29 is 40.6 Å². The van der Waals surface area contributed by atoms with Gasteiger partial charge in [0.25, 0.3) is 0 Å². The molecule has 0 amide bonds. The Morgan fingerprint density at radius 1 is 1.12 bits per heavy atom. The van der Waals surface area contributed by atoms with Crippen molar-refractivity contribution in [2.45, 2.75) is 68.7 Å². The Labute approximate surface area is 222 Å². The number of ether oxygens (including phenoxy) is 1. The predicted molar refractivity (Wildman–Crippen MR) is 125 cm³/mol. The highest BCUT2D eigenvalue weighted by molar-refractivity contribution is 5.91. The summed E-state index contributed by atoms with van der Waals surface area (Å²) in [5.41, 5.74) is -3.94. The van der Waals surface area contributed by atoms with Crippen LogP contribution in [-0.2, 0) is 5.54 Å². The van der Waals surface area contributed by atoms with Crippen molar-refractivity contribution in [1.82, 2.24) is 35.7 Å². The molecule has 0 saturated heterocycles. The minimum atomic E-state index is -5.13. The van der Waals surface area contributed by atoms with Crippen molar-refractivity contribution in [2.75, 3.05) is 6.61 Å². The van der Waals surface area contributed by atoms with Crippen molar-refractivity contribution in [3.05, 3.63) is 53.4 Å². The summed E-state index contributed by atoms with van der Waals surface area (Å²) in [6, 6.07) is 4.18. The molecule has 3 N–H and O–H groups in total. The molecule has 40 heavy (non-hydrogen) atoms. The molecule has 0 bridgehead atoms. The maximum Gasteiger partial charge on any atom is 0.411 e. The third-order valence-electron chi connectivity index (χ3n) is 7.15. The van der Waals surface area contributed by atoms with E-state index in [9.17, 15) is 31.4 Å². The van der Waals surface area contributed by atoms with Crippen LogP contribution in [0, 0.1) is 5.82 Å². The quantitative estimate of drug-likeness (QED) is 0.265. The molecule has 16 heteroatoms. The maximum atomic E-state index is 15.3. The second-order valence-corrected chi connectivity index (χ2v) is 9.74. The summed E-state index contributed by atoms with van der Waals surface area (Å²) in [7, 11) is 0. The van der Waals surface area contributed by atoms with E-state index in [-0.39, 0.29) is 34.5 Å². The van der Waals surface area contributed by atoms with Gasteiger partial charge in [-0.05, 0) is 53.8 Å². The summed E-state index contributed by atoms with van der Waals surface area (Å²) in [4.78, 5) is 0. The Kier molecular flexibility index (Phi) is 7.33. The normalized spacial score (nSPS) is 22.4. The fourth-order valence-corrected chi connectivity index (χ4v) is 4.91. The van der Waals surface area contributed by atoms with Crippen LogP contribution in [0.2, 0.25) is 0 Å². The number of H-pyrrole nitrogens is 1. The smallest absolute Gasteiger partial charge is 0.411 e. The van der Waals surface area contributed by atoms with Gasteiger partial charge in [0.2, 0.25) is 0 Å². The Hall–Kier alpha value is -3.53. The Balaban J connectivity index is 1.52. The fourth-order valence-electron chi connectivity index (χ4n) is 4.91. The number of aliphatic hydroxyl groups is 1. The van der Waals surface area contributed by atoms with Gasteiger partial charge in [-0.2, -0.15) is 31.4 Å². The number of alkyl halides is 6. The number of hydrogen-bond donors (Lipinski definition) is 3. The topological polar surface area (TPSA) is 114 Å². The average molecular weight is 575 g/mol. The largest absolute Gasteiger partial charge is 0.493 e. The first-order chi connectivity index (χ1) is 18.9. The van der Waals surface area contributed by atoms with Gasteiger partial charge in [0.05, 0.1) is 18.3 Å². The van der Waals surface area contributed by atoms with E-state index in [1.54, 1.807) is 10.9 Å². The van der Waals surface area contributed by atoms with Crippen molar-refractivity contribution in [3.63, 3.8) is 0 Å². The molecule has 0 radical (unpaired) electrons. The molecule has 3 aromatic rings. The van der Waals surface area contributed by atoms with Crippen molar-refractivity contribution >= 4 is 11.1 Å². The molecule has 1 aliphatic heterocycles. The summed E-state index contributed by atoms with van der Waals surface area (Å²) in [5, 5.41) is 30.7. The number of benzene rings is 1. The number of tetrazole rings is 1. The molecule has 1 unspecified atom stereocenters. The van der Waals surface area contributed by atoms with Crippen LogP contribution in [0.25, 0.3) is 11.1 Å². The number of aliphatic hydroxyl groups excluding tert-OH is 1. The van der Waals surface area contributed by atoms with Gasteiger partial charge in [-0.15, -0.1) is 5.10 Å². The lowest BCUT2D eigenvalue weighted by Crippen LogP contribution is -2.60. The zero-order valence-corrected chi connectivity index (χ0v) is 20.7. The van der Waals surface area contributed by atoms with Crippen LogP contribution in [0.3, 0.4) is 0 Å². The number of hydrogen-bond acceptors (Lipinski definition) is 7. The second kappa shape index (κ2) is 10.5. The van der Waals surface area contributed by atoms with E-state index in [1.165, 1.54) is 6.07 Å². The van der Waals surface area contributed by atoms with E-state index in [2.05, 4.69) is 31.0 Å². The fraction of sp³-hybridized carbons (Fsp3) is 0.500. The Bertz CT molecular complexity index is 1370. The van der Waals surface area contributed by atoms with E-state index >= 15 is 4.39 Å². The zero-order valence-electron chi connectivity index (χ0n) is 20.7. The third-order valence-corrected chi connectivity index (χ3v) is 7.15. The lowest BCUT2D eigenvalue weighted by atomic mass is 9.76. The second-order valence-electron chi connectivity index (χ2n) is 9.74. The van der Waals surface area contributed by atoms with E-state index in [4.69, 9.17) is 4.74 Å². The predicted octanol–water partition coefficient (Wildman–Crippen LogP) is 4.66. The first kappa shape index (κ1) is 28.0. The van der Waals surface area contributed by atoms with Crippen LogP contribution in [0.5, 0.6) is 5.75 Å². The number of halogens is 7. The molecule has 9 nitrogen and oxygen atoms in total. The average Bonchev–Trinajstić information content (AvgIpc) is 3.52. The standard InChI is InChI=1S/C24H24F7N7O2/c25-17-11-14(40-10-2-8-23(26,27)28)5-6-16(17)22(24(29,30)31)12-15(18-7-9-38(35-18)13-3-1-4-13)19(21(39)32-22)20-33-36-37-34-20/h5-7,9,11,13,21,32,39H,1-4,8,10,12H2,(H,33,34,36,37)/t21?,22-/m0/s1. The molecule has 1 aliphatic carbocycles. The van der Waals surface area contributed by atoms with Gasteiger partial charge in [0.15, 0.2) is 5.82 Å². The molecule has 0 spiro atoms. The van der Waals surface area contributed by atoms with Crippen LogP contribution in [-0.4, -0.2) is 60.7 Å². The number of aromatic amines is 1. The summed E-state index contributed by atoms with van der Waals surface area (Å²) in [6.07, 6.45) is -9.57. The molecule has 2 atom stereocenters. The van der Waals surface area contributed by atoms with Crippen LogP contribution < -0.4 is 10.1 Å². The number of rotatable bonds is 8. The van der Waals surface area contributed by atoms with Crippen LogP contribution in [0.15, 0.2) is 30.5 Å². The first-order valence-corrected chi connectivity index (χ1v) is 12.4. The van der Waals surface area contributed by atoms with Gasteiger partial charge < -0.3 is 9.84 Å². The van der Waals surface area contributed by atoms with E-state index in [0.717, 1.165) is 31.4 Å². The number of nitrogens with zero attached hydrogens (tertiary/aromatic N) is 5. The zero-order chi connectivity index (χ0) is 28.7. The molecule has 2 aliphatic rings. The molecular weight excluding hydrogens is 551 g/mol. The van der Waals surface area contributed by atoms with Crippen LogP contribution in [0.1, 0.15) is 61.6 Å². The highest BCUT2D eigenvalue weighted by atomic mass is 19.4. The van der Waals surface area contributed by atoms with E-state index in [0.29, 0.717) is 6.07 Å². The third kappa shape index (κ3) is 5.41. The van der Waals surface area contributed by atoms with Gasteiger partial charge in [0.1, 0.15) is 23.3 Å². The van der Waals surface area contributed by atoms with Gasteiger partial charge in [-0.25, -0.2) is 9.49 Å². The molecule has 2 aromatic heterocycles. The van der Waals surface area contributed by atoms with Gasteiger partial charge in [-0.1, -0.05) is 6.07 Å². The van der Waals surface area contributed by atoms with Gasteiger partial charge in [0, 0.05) is 36.2 Å². The molecule has 3 heterocycles. The first-order valence-electron chi connectivity index (χ1n) is 12.4. The van der Waals surface area contributed by atoms with Gasteiger partial charge >= 0.3 is 12.4 Å². The summed E-state index contributed by atoms with van der Waals surface area (Å²) in [5.74, 6) is -1.65. The number of aromatic nitrogens is 6. The van der Waals surface area contributed by atoms with Crippen LogP contribution >= 0.6 is 0 Å². The molecule has 216 valence electrons. The van der Waals surface area contributed by atoms with Crippen molar-refractivity contribution in [3.8, 4) is 5.75 Å². The molecular formula is C24H24F7N7O2. The maximum absolute atomic E-state index is 15.3. The molecule has 1 saturated carbocycles. The molecule has 1 aromatic carbocycles. The monoisotopic (exact) mass is 575 g/mol. The highest BCUT2D eigenvalue weighted by Gasteiger charge is 2.60. The Morgan fingerprint density at radius 2 is 1.90 bits per heavy atom. The Morgan fingerprint density at radius 3 is 2.50 bits per heavy atom. The molecule has 5 rings (SSSR count). The summed E-state index contributed by atoms with van der Waals surface area (Å²) < 4.78 is 104. The van der Waals surface area contributed by atoms with Gasteiger partial charge in [-0.3, -0.25) is 10.00 Å². The van der Waals surface area contributed by atoms with Crippen LogP contribution in [0.4, 0.5) is 30.7 Å². The lowest BCUT2D eigenvalue weighted by molar-refractivity contribution is -0.208. The molecule has 1 fully saturated rings. The summed E-state index contributed by atoms with van der Waals surface area (Å²) in [6.45, 7) is -0.412. The SMILES string of the molecule is OC1N[C@@](c2ccc(OCCCC(F)(F)F)cc2F)(C(F)(F)F)CC(c2ccn(C3CCC3)n2)=C1c1nnn[nH]1. The minimum Gasteiger partial charge on any atom is -0.493 e. The summed E-state index contributed by atoms with van der Waals surface area (Å²) >= 11 is 0. The van der Waals surface area contributed by atoms with E-state index < -0.39 is 61.4 Å². The van der Waals surface area contributed by atoms with Crippen molar-refractivity contribution in [2.24, 2.45) is 0 Å². The number of nitrogens with one attached hydrogen (secondary N) is 2. The van der Waals surface area contributed by atoms with E-state index in [1.807, 2.05) is 0 Å². The van der Waals surface area contributed by atoms with Crippen molar-refractivity contribution in [1.29, 1.82) is 0 Å².